The molecule has 5 rings (SSSR count). The van der Waals surface area contributed by atoms with Crippen LogP contribution in [0.4, 0.5) is 0 Å². The Hall–Kier alpha value is -4.46. The van der Waals surface area contributed by atoms with Crippen LogP contribution in [0.15, 0.2) is 85.5 Å². The molecule has 2 aromatic heterocycles. The van der Waals surface area contributed by atoms with E-state index in [1.54, 1.807) is 18.2 Å². The Balaban J connectivity index is 1.46. The first-order valence-electron chi connectivity index (χ1n) is 9.83. The highest BCUT2D eigenvalue weighted by atomic mass is 16.5. The van der Waals surface area contributed by atoms with Gasteiger partial charge in [-0.1, -0.05) is 42.5 Å². The third kappa shape index (κ3) is 3.37. The summed E-state index contributed by atoms with van der Waals surface area (Å²) in [6, 6.07) is 18.8. The summed E-state index contributed by atoms with van der Waals surface area (Å²) in [7, 11) is 0. The molecule has 0 radical (unpaired) electrons. The Kier molecular flexibility index (Phi) is 4.67. The van der Waals surface area contributed by atoms with E-state index in [0.29, 0.717) is 16.5 Å². The molecule has 8 nitrogen and oxygen atoms in total. The Labute approximate surface area is 179 Å². The first-order valence-corrected chi connectivity index (χ1v) is 9.83. The Morgan fingerprint density at radius 2 is 1.62 bits per heavy atom. The molecule has 2 heterocycles. The van der Waals surface area contributed by atoms with Crippen LogP contribution in [0, 0.1) is 0 Å². The fourth-order valence-corrected chi connectivity index (χ4v) is 3.82. The number of ether oxygens (including phenoxy) is 1. The van der Waals surface area contributed by atoms with Crippen LogP contribution in [0.1, 0.15) is 5.56 Å². The average molecular weight is 428 g/mol. The SMILES string of the molecule is O=C(Cn1[nH]c(=O)c2ccccc2c1=O)OCc1cc(=O)oc2ccc3ccccc3c12. The van der Waals surface area contributed by atoms with Crippen LogP contribution < -0.4 is 16.7 Å². The van der Waals surface area contributed by atoms with Crippen molar-refractivity contribution in [2.24, 2.45) is 0 Å². The van der Waals surface area contributed by atoms with Crippen molar-refractivity contribution in [1.82, 2.24) is 9.78 Å². The molecule has 0 unspecified atom stereocenters. The van der Waals surface area contributed by atoms with Crippen LogP contribution in [0.3, 0.4) is 0 Å². The lowest BCUT2D eigenvalue weighted by atomic mass is 10.0. The van der Waals surface area contributed by atoms with E-state index in [2.05, 4.69) is 5.10 Å². The second-order valence-electron chi connectivity index (χ2n) is 7.29. The van der Waals surface area contributed by atoms with Crippen LogP contribution in [0.5, 0.6) is 0 Å². The number of hydrogen-bond acceptors (Lipinski definition) is 6. The fraction of sp³-hybridized carbons (Fsp3) is 0.0833. The standard InChI is InChI=1S/C24H16N2O6/c27-20-11-15(22-16-6-2-1-5-14(16)9-10-19(22)32-20)13-31-21(28)12-26-24(30)18-8-4-3-7-17(18)23(29)25-26/h1-11H,12-13H2,(H,25,29). The molecular formula is C24H16N2O6. The predicted octanol–water partition coefficient (Wildman–Crippen LogP) is 2.69. The van der Waals surface area contributed by atoms with E-state index in [0.717, 1.165) is 15.5 Å². The maximum Gasteiger partial charge on any atom is 0.336 e. The largest absolute Gasteiger partial charge is 0.459 e. The number of esters is 1. The molecular weight excluding hydrogens is 412 g/mol. The van der Waals surface area contributed by atoms with Crippen LogP contribution in [-0.4, -0.2) is 15.7 Å². The second kappa shape index (κ2) is 7.66. The van der Waals surface area contributed by atoms with Crippen molar-refractivity contribution < 1.29 is 13.9 Å². The minimum atomic E-state index is -0.736. The second-order valence-corrected chi connectivity index (χ2v) is 7.29. The van der Waals surface area contributed by atoms with E-state index in [1.165, 1.54) is 18.2 Å². The lowest BCUT2D eigenvalue weighted by Crippen LogP contribution is -2.32. The Morgan fingerprint density at radius 3 is 2.44 bits per heavy atom. The van der Waals surface area contributed by atoms with E-state index >= 15 is 0 Å². The van der Waals surface area contributed by atoms with Crippen LogP contribution in [0.2, 0.25) is 0 Å². The number of carbonyl (C=O) groups excluding carboxylic acids is 1. The number of rotatable bonds is 4. The quantitative estimate of drug-likeness (QED) is 0.268. The molecule has 5 aromatic rings. The van der Waals surface area contributed by atoms with Crippen molar-refractivity contribution in [3.63, 3.8) is 0 Å². The van der Waals surface area contributed by atoms with Gasteiger partial charge in [-0.2, -0.15) is 0 Å². The molecule has 8 heteroatoms. The fourth-order valence-electron chi connectivity index (χ4n) is 3.82. The summed E-state index contributed by atoms with van der Waals surface area (Å²) in [6.07, 6.45) is 0. The summed E-state index contributed by atoms with van der Waals surface area (Å²) in [5, 5.41) is 5.33. The third-order valence-corrected chi connectivity index (χ3v) is 5.27. The molecule has 3 aromatic carbocycles. The Morgan fingerprint density at radius 1 is 0.906 bits per heavy atom. The van der Waals surface area contributed by atoms with Gasteiger partial charge in [0.2, 0.25) is 0 Å². The van der Waals surface area contributed by atoms with E-state index in [9.17, 15) is 19.2 Å². The van der Waals surface area contributed by atoms with Crippen molar-refractivity contribution in [3.05, 3.63) is 103 Å². The van der Waals surface area contributed by atoms with Crippen LogP contribution >= 0.6 is 0 Å². The lowest BCUT2D eigenvalue weighted by molar-refractivity contribution is -0.145. The average Bonchev–Trinajstić information content (AvgIpc) is 2.80. The smallest absolute Gasteiger partial charge is 0.336 e. The van der Waals surface area contributed by atoms with E-state index in [4.69, 9.17) is 9.15 Å². The summed E-state index contributed by atoms with van der Waals surface area (Å²) in [5.74, 6) is -0.736. The zero-order valence-electron chi connectivity index (χ0n) is 16.7. The molecule has 1 N–H and O–H groups in total. The molecule has 158 valence electrons. The van der Waals surface area contributed by atoms with Gasteiger partial charge in [0.05, 0.1) is 10.8 Å². The minimum absolute atomic E-state index is 0.193. The van der Waals surface area contributed by atoms with Crippen molar-refractivity contribution in [3.8, 4) is 0 Å². The number of aromatic nitrogens is 2. The van der Waals surface area contributed by atoms with Gasteiger partial charge >= 0.3 is 11.6 Å². The normalized spacial score (nSPS) is 11.2. The van der Waals surface area contributed by atoms with Crippen molar-refractivity contribution in [2.75, 3.05) is 0 Å². The van der Waals surface area contributed by atoms with Gasteiger partial charge < -0.3 is 9.15 Å². The van der Waals surface area contributed by atoms with Gasteiger partial charge in [0.25, 0.3) is 11.1 Å². The number of nitrogens with zero attached hydrogens (tertiary/aromatic N) is 1. The van der Waals surface area contributed by atoms with Gasteiger partial charge in [0, 0.05) is 17.0 Å². The molecule has 0 aliphatic heterocycles. The number of aromatic amines is 1. The molecule has 0 fully saturated rings. The summed E-state index contributed by atoms with van der Waals surface area (Å²) in [5.41, 5.74) is -0.674. The maximum atomic E-state index is 12.6. The summed E-state index contributed by atoms with van der Waals surface area (Å²) in [4.78, 5) is 49.3. The van der Waals surface area contributed by atoms with Gasteiger partial charge in [0.1, 0.15) is 18.7 Å². The van der Waals surface area contributed by atoms with Gasteiger partial charge in [0.15, 0.2) is 0 Å². The summed E-state index contributed by atoms with van der Waals surface area (Å²) in [6.45, 7) is -0.666. The van der Waals surface area contributed by atoms with Crippen LogP contribution in [0.25, 0.3) is 32.5 Å². The predicted molar refractivity (Wildman–Crippen MR) is 119 cm³/mol. The molecule has 0 aliphatic rings. The topological polar surface area (TPSA) is 111 Å². The zero-order chi connectivity index (χ0) is 22.2. The van der Waals surface area contributed by atoms with E-state index in [-0.39, 0.29) is 17.4 Å². The third-order valence-electron chi connectivity index (χ3n) is 5.27. The maximum absolute atomic E-state index is 12.6. The Bertz CT molecular complexity index is 1690. The number of benzene rings is 3. The molecule has 0 bridgehead atoms. The molecule has 0 aliphatic carbocycles. The summed E-state index contributed by atoms with van der Waals surface area (Å²) >= 11 is 0. The highest BCUT2D eigenvalue weighted by Gasteiger charge is 2.14. The van der Waals surface area contributed by atoms with E-state index < -0.39 is 29.3 Å². The number of H-pyrrole nitrogens is 1. The highest BCUT2D eigenvalue weighted by Crippen LogP contribution is 2.27. The number of carbonyl (C=O) groups is 1. The molecule has 0 spiro atoms. The van der Waals surface area contributed by atoms with Gasteiger partial charge in [-0.25, -0.2) is 9.48 Å². The number of nitrogens with one attached hydrogen (secondary N) is 1. The van der Waals surface area contributed by atoms with E-state index in [1.807, 2.05) is 30.3 Å². The number of hydrogen-bond donors (Lipinski definition) is 1. The van der Waals surface area contributed by atoms with Crippen molar-refractivity contribution in [1.29, 1.82) is 0 Å². The molecule has 0 saturated carbocycles. The molecule has 32 heavy (non-hydrogen) atoms. The molecule has 0 saturated heterocycles. The van der Waals surface area contributed by atoms with Crippen LogP contribution in [-0.2, 0) is 22.7 Å². The number of fused-ring (bicyclic) bond motifs is 4. The monoisotopic (exact) mass is 428 g/mol. The van der Waals surface area contributed by atoms with Gasteiger partial charge in [-0.05, 0) is 29.0 Å². The zero-order valence-corrected chi connectivity index (χ0v) is 16.7. The lowest BCUT2D eigenvalue weighted by Gasteiger charge is -2.10. The van der Waals surface area contributed by atoms with Crippen molar-refractivity contribution in [2.45, 2.75) is 13.2 Å². The summed E-state index contributed by atoms with van der Waals surface area (Å²) < 4.78 is 11.6. The molecule has 0 amide bonds. The minimum Gasteiger partial charge on any atom is -0.459 e. The van der Waals surface area contributed by atoms with Gasteiger partial charge in [-0.15, -0.1) is 0 Å². The van der Waals surface area contributed by atoms with Gasteiger partial charge in [-0.3, -0.25) is 19.5 Å². The van der Waals surface area contributed by atoms with Crippen molar-refractivity contribution >= 4 is 38.5 Å². The first kappa shape index (κ1) is 19.5. The molecule has 0 atom stereocenters. The highest BCUT2D eigenvalue weighted by molar-refractivity contribution is 6.07. The first-order chi connectivity index (χ1) is 15.5.